The van der Waals surface area contributed by atoms with E-state index in [2.05, 4.69) is 9.97 Å². The molecule has 0 aliphatic carbocycles. The fourth-order valence-corrected chi connectivity index (χ4v) is 3.60. The lowest BCUT2D eigenvalue weighted by atomic mass is 10.0. The number of fused-ring (bicyclic) bond motifs is 1. The average molecular weight is 404 g/mol. The molecule has 0 spiro atoms. The molecule has 0 atom stereocenters. The predicted molar refractivity (Wildman–Crippen MR) is 114 cm³/mol. The number of methoxy groups -OCH3 is 2. The van der Waals surface area contributed by atoms with Crippen LogP contribution in [-0.4, -0.2) is 23.8 Å². The minimum Gasteiger partial charge on any atom is -0.493 e. The van der Waals surface area contributed by atoms with Gasteiger partial charge in [0.1, 0.15) is 5.39 Å². The summed E-state index contributed by atoms with van der Waals surface area (Å²) in [6, 6.07) is 17.2. The first kappa shape index (κ1) is 19.4. The van der Waals surface area contributed by atoms with Gasteiger partial charge in [-0.15, -0.1) is 0 Å². The number of ether oxygens (including phenoxy) is 2. The average Bonchev–Trinajstić information content (AvgIpc) is 2.78. The van der Waals surface area contributed by atoms with Crippen molar-refractivity contribution < 1.29 is 14.5 Å². The summed E-state index contributed by atoms with van der Waals surface area (Å²) in [6.45, 7) is 0.433. The molecule has 152 valence electrons. The maximum absolute atomic E-state index is 12.8. The lowest BCUT2D eigenvalue weighted by Crippen LogP contribution is -2.34. The molecule has 30 heavy (non-hydrogen) atoms. The zero-order chi connectivity index (χ0) is 21.1. The highest BCUT2D eigenvalue weighted by atomic mass is 16.5. The Labute approximate surface area is 172 Å². The van der Waals surface area contributed by atoms with Gasteiger partial charge in [-0.2, -0.15) is 4.57 Å². The van der Waals surface area contributed by atoms with E-state index in [0.717, 1.165) is 11.1 Å². The second-order valence-corrected chi connectivity index (χ2v) is 6.83. The highest BCUT2D eigenvalue weighted by Gasteiger charge is 2.20. The molecule has 0 saturated heterocycles. The molecule has 0 aliphatic heterocycles. The van der Waals surface area contributed by atoms with Crippen molar-refractivity contribution in [2.45, 2.75) is 13.0 Å². The Morgan fingerprint density at radius 1 is 0.967 bits per heavy atom. The summed E-state index contributed by atoms with van der Waals surface area (Å²) in [5, 5.41) is 0.414. The SMILES string of the molecule is COc1ccc(-c2cc[nH+]c3c2c(=O)[nH]c(=O)n3CCc2ccccc2)cc1OC. The quantitative estimate of drug-likeness (QED) is 0.535. The monoisotopic (exact) mass is 404 g/mol. The third-order valence-electron chi connectivity index (χ3n) is 5.10. The van der Waals surface area contributed by atoms with Gasteiger partial charge in [0, 0.05) is 12.0 Å². The van der Waals surface area contributed by atoms with Crippen LogP contribution in [0.15, 0.2) is 70.4 Å². The molecule has 7 nitrogen and oxygen atoms in total. The van der Waals surface area contributed by atoms with Crippen LogP contribution in [0.25, 0.3) is 22.2 Å². The van der Waals surface area contributed by atoms with E-state index in [1.165, 1.54) is 0 Å². The number of hydrogen-bond donors (Lipinski definition) is 1. The number of nitrogens with zero attached hydrogens (tertiary/aromatic N) is 1. The number of aromatic nitrogens is 3. The van der Waals surface area contributed by atoms with Gasteiger partial charge in [0.25, 0.3) is 11.2 Å². The first-order valence-corrected chi connectivity index (χ1v) is 9.56. The van der Waals surface area contributed by atoms with Crippen LogP contribution < -0.4 is 25.7 Å². The molecular formula is C23H22N3O4+. The van der Waals surface area contributed by atoms with Gasteiger partial charge in [0.05, 0.1) is 27.0 Å². The molecule has 0 radical (unpaired) electrons. The summed E-state index contributed by atoms with van der Waals surface area (Å²) in [5.74, 6) is 1.16. The Bertz CT molecular complexity index is 1310. The van der Waals surface area contributed by atoms with Crippen molar-refractivity contribution in [1.29, 1.82) is 0 Å². The summed E-state index contributed by atoms with van der Waals surface area (Å²) in [7, 11) is 3.13. The number of rotatable bonds is 6. The van der Waals surface area contributed by atoms with E-state index in [9.17, 15) is 9.59 Å². The number of benzene rings is 2. The third-order valence-corrected chi connectivity index (χ3v) is 5.10. The van der Waals surface area contributed by atoms with Gasteiger partial charge in [-0.25, -0.2) is 9.78 Å². The van der Waals surface area contributed by atoms with E-state index in [1.54, 1.807) is 31.0 Å². The van der Waals surface area contributed by atoms with Crippen LogP contribution in [-0.2, 0) is 13.0 Å². The van der Waals surface area contributed by atoms with Crippen molar-refractivity contribution in [3.8, 4) is 22.6 Å². The Morgan fingerprint density at radius 3 is 2.47 bits per heavy atom. The summed E-state index contributed by atoms with van der Waals surface area (Å²) >= 11 is 0. The van der Waals surface area contributed by atoms with Crippen LogP contribution in [0.1, 0.15) is 5.56 Å². The van der Waals surface area contributed by atoms with Crippen molar-refractivity contribution in [3.63, 3.8) is 0 Å². The highest BCUT2D eigenvalue weighted by molar-refractivity contribution is 5.90. The molecule has 4 aromatic rings. The molecule has 2 aromatic heterocycles. The van der Waals surface area contributed by atoms with Gasteiger partial charge >= 0.3 is 5.69 Å². The first-order valence-electron chi connectivity index (χ1n) is 9.56. The van der Waals surface area contributed by atoms with Crippen molar-refractivity contribution in [1.82, 2.24) is 9.55 Å². The summed E-state index contributed by atoms with van der Waals surface area (Å²) in [4.78, 5) is 30.9. The Kier molecular flexibility index (Phi) is 5.34. The smallest absolute Gasteiger partial charge is 0.415 e. The Hall–Kier alpha value is -3.87. The zero-order valence-electron chi connectivity index (χ0n) is 16.8. The van der Waals surface area contributed by atoms with Gasteiger partial charge in [-0.3, -0.25) is 9.78 Å². The van der Waals surface area contributed by atoms with Crippen molar-refractivity contribution in [2.75, 3.05) is 14.2 Å². The Morgan fingerprint density at radius 2 is 1.73 bits per heavy atom. The largest absolute Gasteiger partial charge is 0.493 e. The number of hydrogen-bond acceptors (Lipinski definition) is 4. The van der Waals surface area contributed by atoms with Crippen LogP contribution in [0.3, 0.4) is 0 Å². The zero-order valence-corrected chi connectivity index (χ0v) is 16.8. The predicted octanol–water partition coefficient (Wildman–Crippen LogP) is 2.43. The minimum absolute atomic E-state index is 0.414. The van der Waals surface area contributed by atoms with Gasteiger partial charge in [0.2, 0.25) is 0 Å². The highest BCUT2D eigenvalue weighted by Crippen LogP contribution is 2.33. The van der Waals surface area contributed by atoms with Crippen molar-refractivity contribution in [2.24, 2.45) is 0 Å². The molecule has 2 N–H and O–H groups in total. The molecule has 4 rings (SSSR count). The molecule has 0 amide bonds. The molecule has 0 aliphatic rings. The van der Waals surface area contributed by atoms with Gasteiger partial charge in [0.15, 0.2) is 11.5 Å². The summed E-state index contributed by atoms with van der Waals surface area (Å²) < 4.78 is 12.3. The lowest BCUT2D eigenvalue weighted by molar-refractivity contribution is -0.349. The van der Waals surface area contributed by atoms with E-state index in [4.69, 9.17) is 9.47 Å². The molecule has 2 aromatic carbocycles. The van der Waals surface area contributed by atoms with Gasteiger partial charge < -0.3 is 9.47 Å². The van der Waals surface area contributed by atoms with Gasteiger partial charge in [-0.05, 0) is 29.3 Å². The fraction of sp³-hybridized carbons (Fsp3) is 0.174. The van der Waals surface area contributed by atoms with E-state index in [1.807, 2.05) is 48.5 Å². The standard InChI is InChI=1S/C23H21N3O4/c1-29-18-9-8-16(14-19(18)30-2)17-10-12-24-21-20(17)22(27)25-23(28)26(21)13-11-15-6-4-3-5-7-15/h3-10,12,14H,11,13H2,1-2H3,(H,25,27,28)/p+1. The second-order valence-electron chi connectivity index (χ2n) is 6.83. The van der Waals surface area contributed by atoms with Crippen LogP contribution in [0, 0.1) is 0 Å². The molecule has 0 saturated carbocycles. The van der Waals surface area contributed by atoms with Crippen molar-refractivity contribution in [3.05, 3.63) is 87.2 Å². The molecule has 2 heterocycles. The lowest BCUT2D eigenvalue weighted by Gasteiger charge is -2.11. The molecule has 0 unspecified atom stereocenters. The van der Waals surface area contributed by atoms with E-state index in [-0.39, 0.29) is 0 Å². The van der Waals surface area contributed by atoms with Gasteiger partial charge in [-0.1, -0.05) is 36.4 Å². The van der Waals surface area contributed by atoms with E-state index >= 15 is 0 Å². The fourth-order valence-electron chi connectivity index (χ4n) is 3.60. The maximum Gasteiger partial charge on any atom is 0.415 e. The van der Waals surface area contributed by atoms with Crippen LogP contribution >= 0.6 is 0 Å². The van der Waals surface area contributed by atoms with Crippen molar-refractivity contribution >= 4 is 11.0 Å². The topological polar surface area (TPSA) is 87.5 Å². The number of aromatic amines is 2. The molecule has 0 bridgehead atoms. The Balaban J connectivity index is 1.85. The summed E-state index contributed by atoms with van der Waals surface area (Å²) in [5.41, 5.74) is 2.19. The van der Waals surface area contributed by atoms with E-state index in [0.29, 0.717) is 41.1 Å². The molecular weight excluding hydrogens is 382 g/mol. The number of nitrogens with one attached hydrogen (secondary N) is 2. The van der Waals surface area contributed by atoms with Crippen LogP contribution in [0.2, 0.25) is 0 Å². The maximum atomic E-state index is 12.8. The third kappa shape index (κ3) is 3.57. The van der Waals surface area contributed by atoms with Crippen LogP contribution in [0.4, 0.5) is 0 Å². The number of H-pyrrole nitrogens is 2. The number of pyridine rings is 1. The van der Waals surface area contributed by atoms with Crippen LogP contribution in [0.5, 0.6) is 11.5 Å². The number of aryl methyl sites for hydroxylation is 2. The minimum atomic E-state index is -0.441. The normalized spacial score (nSPS) is 10.9. The molecule has 7 heteroatoms. The first-order chi connectivity index (χ1) is 14.6. The molecule has 0 fully saturated rings. The second kappa shape index (κ2) is 8.24. The summed E-state index contributed by atoms with van der Waals surface area (Å²) in [6.07, 6.45) is 2.39. The van der Waals surface area contributed by atoms with E-state index < -0.39 is 11.2 Å².